The van der Waals surface area contributed by atoms with Crippen molar-refractivity contribution in [2.75, 3.05) is 0 Å². The minimum absolute atomic E-state index is 0. The van der Waals surface area contributed by atoms with Gasteiger partial charge >= 0.3 is 99.8 Å². The monoisotopic (exact) mass is 855 g/mol. The Hall–Kier alpha value is -3.83. The van der Waals surface area contributed by atoms with E-state index in [0.29, 0.717) is 5.92 Å². The average Bonchev–Trinajstić information content (AvgIpc) is 3.47. The number of furan rings is 1. The Morgan fingerprint density at radius 2 is 1.45 bits per heavy atom. The summed E-state index contributed by atoms with van der Waals surface area (Å²) in [6, 6.07) is 44.2. The molecule has 7 aromatic rings. The van der Waals surface area contributed by atoms with Crippen LogP contribution in [-0.4, -0.2) is 23.2 Å². The van der Waals surface area contributed by atoms with Gasteiger partial charge in [0.05, 0.1) is 5.58 Å². The Morgan fingerprint density at radius 1 is 0.681 bits per heavy atom. The van der Waals surface area contributed by atoms with Gasteiger partial charge in [0.1, 0.15) is 5.58 Å². The SMILES string of the molecule is CCC(CC)c1ccnc(-c2[c-]cc3oc4ccc(-c5ccccc5)cc4c3c2)c1.[CH3][Ge]([CH3])([CH3])[c]1ccc(-c2[c-]cccc2)nc1.[Ir]. The number of nitrogens with zero attached hydrogens (tertiary/aromatic N) is 2. The molecule has 4 aromatic carbocycles. The second-order valence-electron chi connectivity index (χ2n) is 12.7. The number of pyridine rings is 2. The van der Waals surface area contributed by atoms with Crippen LogP contribution in [0.1, 0.15) is 38.2 Å². The quantitative estimate of drug-likeness (QED) is 0.118. The average molecular weight is 854 g/mol. The Labute approximate surface area is 295 Å². The molecule has 3 heterocycles. The van der Waals surface area contributed by atoms with Crippen LogP contribution >= 0.6 is 0 Å². The predicted molar refractivity (Wildman–Crippen MR) is 196 cm³/mol. The first-order chi connectivity index (χ1) is 22.3. The maximum absolute atomic E-state index is 6.08. The van der Waals surface area contributed by atoms with E-state index in [1.165, 1.54) is 21.1 Å². The van der Waals surface area contributed by atoms with E-state index < -0.39 is 13.3 Å². The number of rotatable bonds is 7. The first kappa shape index (κ1) is 34.5. The zero-order chi connectivity index (χ0) is 32.1. The molecule has 0 saturated carbocycles. The minimum Gasteiger partial charge on any atom is 0 e. The van der Waals surface area contributed by atoms with Crippen molar-refractivity contribution in [1.29, 1.82) is 0 Å². The van der Waals surface area contributed by atoms with Gasteiger partial charge in [0.25, 0.3) is 0 Å². The molecule has 3 nitrogen and oxygen atoms in total. The number of benzene rings is 4. The maximum Gasteiger partial charge on any atom is 0 e. The number of hydrogen-bond acceptors (Lipinski definition) is 3. The Balaban J connectivity index is 0.000000217. The Kier molecular flexibility index (Phi) is 11.3. The summed E-state index contributed by atoms with van der Waals surface area (Å²) in [7, 11) is 0. The van der Waals surface area contributed by atoms with Crippen LogP contribution in [0.4, 0.5) is 0 Å². The van der Waals surface area contributed by atoms with Crippen LogP contribution in [0.2, 0.25) is 17.3 Å². The molecule has 0 aliphatic carbocycles. The summed E-state index contributed by atoms with van der Waals surface area (Å²) in [5.74, 6) is 7.71. The molecule has 0 amide bonds. The summed E-state index contributed by atoms with van der Waals surface area (Å²) >= 11 is -1.72. The summed E-state index contributed by atoms with van der Waals surface area (Å²) in [4.78, 5) is 9.17. The van der Waals surface area contributed by atoms with E-state index in [1.54, 1.807) is 0 Å². The molecule has 47 heavy (non-hydrogen) atoms. The van der Waals surface area contributed by atoms with Crippen LogP contribution in [0, 0.1) is 12.1 Å². The van der Waals surface area contributed by atoms with Gasteiger partial charge in [-0.1, -0.05) is 67.3 Å². The first-order valence-electron chi connectivity index (χ1n) is 16.2. The Bertz CT molecular complexity index is 2050. The van der Waals surface area contributed by atoms with Crippen LogP contribution in [0.3, 0.4) is 0 Å². The molecule has 0 fully saturated rings. The maximum atomic E-state index is 6.08. The smallest absolute Gasteiger partial charge is 0 e. The van der Waals surface area contributed by atoms with Gasteiger partial charge in [-0.3, -0.25) is 0 Å². The molecular formula is C42H40GeIrN2O-2. The van der Waals surface area contributed by atoms with Crippen molar-refractivity contribution < 1.29 is 24.5 Å². The third-order valence-corrected chi connectivity index (χ3v) is 12.9. The van der Waals surface area contributed by atoms with Crippen LogP contribution in [0.5, 0.6) is 0 Å². The first-order valence-corrected chi connectivity index (χ1v) is 23.5. The fourth-order valence-corrected chi connectivity index (χ4v) is 8.01. The van der Waals surface area contributed by atoms with Crippen molar-refractivity contribution >= 4 is 39.6 Å². The fraction of sp³-hybridized carbons (Fsp3) is 0.190. The topological polar surface area (TPSA) is 38.9 Å². The second kappa shape index (κ2) is 15.4. The van der Waals surface area contributed by atoms with Crippen LogP contribution in [0.15, 0.2) is 126 Å². The van der Waals surface area contributed by atoms with Gasteiger partial charge in [-0.05, 0) is 53.8 Å². The summed E-state index contributed by atoms with van der Waals surface area (Å²) in [6.07, 6.45) is 6.23. The summed E-state index contributed by atoms with van der Waals surface area (Å²) < 4.78 is 7.52. The summed E-state index contributed by atoms with van der Waals surface area (Å²) in [5, 5.41) is 2.23. The molecule has 0 aliphatic heterocycles. The molecule has 1 radical (unpaired) electrons. The molecular weight excluding hydrogens is 813 g/mol. The van der Waals surface area contributed by atoms with Crippen molar-refractivity contribution in [3.63, 3.8) is 0 Å². The van der Waals surface area contributed by atoms with Gasteiger partial charge in [0, 0.05) is 31.7 Å². The molecule has 0 unspecified atom stereocenters. The van der Waals surface area contributed by atoms with E-state index >= 15 is 0 Å². The van der Waals surface area contributed by atoms with Crippen molar-refractivity contribution in [2.45, 2.75) is 49.9 Å². The van der Waals surface area contributed by atoms with Crippen molar-refractivity contribution in [3.05, 3.63) is 139 Å². The molecule has 7 rings (SSSR count). The van der Waals surface area contributed by atoms with E-state index in [4.69, 9.17) is 4.42 Å². The standard InChI is InChI=1S/C28H24NO.C14H16GeN.Ir/c1-3-19(4-2)22-14-15-29-26(18-22)23-11-13-28-25(17-23)24-16-21(10-12-27(24)30-28)20-8-6-5-7-9-20;1-15(2,3)13-9-10-14(16-11-13)12-7-5-4-6-8-12;/h5-10,12-19H,3-4H2,1-2H3;4-7,9-11H,1-3H3;/q2*-1;. The number of hydrogen-bond donors (Lipinski definition) is 0. The zero-order valence-electron chi connectivity index (χ0n) is 27.7. The van der Waals surface area contributed by atoms with E-state index in [-0.39, 0.29) is 20.1 Å². The van der Waals surface area contributed by atoms with Crippen LogP contribution in [0.25, 0.3) is 55.6 Å². The summed E-state index contributed by atoms with van der Waals surface area (Å²) in [6.45, 7) is 4.49. The van der Waals surface area contributed by atoms with Crippen LogP contribution < -0.4 is 4.40 Å². The number of fused-ring (bicyclic) bond motifs is 3. The van der Waals surface area contributed by atoms with Crippen molar-refractivity contribution in [3.8, 4) is 33.6 Å². The third-order valence-electron chi connectivity index (χ3n) is 8.64. The predicted octanol–water partition coefficient (Wildman–Crippen LogP) is 11.1. The zero-order valence-corrected chi connectivity index (χ0v) is 32.2. The number of aromatic nitrogens is 2. The molecule has 0 N–H and O–H groups in total. The van der Waals surface area contributed by atoms with Gasteiger partial charge in [-0.15, -0.1) is 23.8 Å². The van der Waals surface area contributed by atoms with Gasteiger partial charge in [-0.25, -0.2) is 0 Å². The normalized spacial score (nSPS) is 11.3. The molecule has 0 spiro atoms. The molecule has 0 aliphatic rings. The van der Waals surface area contributed by atoms with Gasteiger partial charge < -0.3 is 9.40 Å². The van der Waals surface area contributed by atoms with Crippen LogP contribution in [-0.2, 0) is 20.1 Å². The van der Waals surface area contributed by atoms with Gasteiger partial charge in [-0.2, -0.15) is 0 Å². The molecule has 3 aromatic heterocycles. The minimum atomic E-state index is -1.72. The third kappa shape index (κ3) is 8.01. The van der Waals surface area contributed by atoms with Gasteiger partial charge in [0.15, 0.2) is 0 Å². The molecule has 0 atom stereocenters. The molecule has 239 valence electrons. The fourth-order valence-electron chi connectivity index (χ4n) is 5.84. The molecule has 5 heteroatoms. The van der Waals surface area contributed by atoms with E-state index in [1.807, 2.05) is 48.8 Å². The Morgan fingerprint density at radius 3 is 2.13 bits per heavy atom. The molecule has 0 saturated heterocycles. The van der Waals surface area contributed by atoms with Gasteiger partial charge in [0.2, 0.25) is 0 Å². The van der Waals surface area contributed by atoms with E-state index in [2.05, 4.69) is 126 Å². The van der Waals surface area contributed by atoms with E-state index in [0.717, 1.165) is 57.3 Å². The summed E-state index contributed by atoms with van der Waals surface area (Å²) in [5.41, 5.74) is 9.54. The van der Waals surface area contributed by atoms with E-state index in [9.17, 15) is 0 Å². The van der Waals surface area contributed by atoms with Crippen molar-refractivity contribution in [2.24, 2.45) is 0 Å². The second-order valence-corrected chi connectivity index (χ2v) is 23.4. The van der Waals surface area contributed by atoms with Crippen molar-refractivity contribution in [1.82, 2.24) is 9.97 Å². The largest absolute Gasteiger partial charge is 0 e. The molecule has 0 bridgehead atoms.